The van der Waals surface area contributed by atoms with Crippen LogP contribution >= 0.6 is 0 Å². The fourth-order valence-corrected chi connectivity index (χ4v) is 8.09. The predicted octanol–water partition coefficient (Wildman–Crippen LogP) is 4.61. The largest absolute Gasteiger partial charge is 0.508 e. The van der Waals surface area contributed by atoms with E-state index < -0.39 is 46.8 Å². The van der Waals surface area contributed by atoms with E-state index in [1.807, 2.05) is 42.5 Å². The van der Waals surface area contributed by atoms with Crippen LogP contribution in [-0.2, 0) is 24.6 Å². The minimum Gasteiger partial charge on any atom is -0.508 e. The summed E-state index contributed by atoms with van der Waals surface area (Å²) >= 11 is 0. The average Bonchev–Trinajstić information content (AvgIpc) is 3.26. The van der Waals surface area contributed by atoms with Gasteiger partial charge in [-0.1, -0.05) is 72.3 Å². The van der Waals surface area contributed by atoms with Crippen LogP contribution in [0.1, 0.15) is 35.4 Å². The van der Waals surface area contributed by atoms with Crippen molar-refractivity contribution < 1.29 is 34.2 Å². The van der Waals surface area contributed by atoms with Gasteiger partial charge in [-0.2, -0.15) is 5.06 Å². The first-order chi connectivity index (χ1) is 20.8. The van der Waals surface area contributed by atoms with E-state index in [1.54, 1.807) is 36.4 Å². The molecule has 8 heteroatoms. The second-order valence-electron chi connectivity index (χ2n) is 11.7. The highest BCUT2D eigenvalue weighted by molar-refractivity contribution is 6.31. The molecule has 43 heavy (non-hydrogen) atoms. The van der Waals surface area contributed by atoms with Gasteiger partial charge in [-0.05, 0) is 54.2 Å². The van der Waals surface area contributed by atoms with Gasteiger partial charge in [-0.3, -0.25) is 24.4 Å². The molecular weight excluding hydrogens is 546 g/mol. The quantitative estimate of drug-likeness (QED) is 0.265. The van der Waals surface area contributed by atoms with Crippen molar-refractivity contribution in [3.63, 3.8) is 0 Å². The Labute approximate surface area is 247 Å². The van der Waals surface area contributed by atoms with Gasteiger partial charge in [0, 0.05) is 23.0 Å². The number of rotatable bonds is 4. The summed E-state index contributed by atoms with van der Waals surface area (Å²) < 4.78 is 5.52. The molecule has 2 N–H and O–H groups in total. The fourth-order valence-electron chi connectivity index (χ4n) is 8.09. The van der Waals surface area contributed by atoms with E-state index in [1.165, 1.54) is 19.3 Å². The van der Waals surface area contributed by atoms with Crippen LogP contribution in [-0.4, -0.2) is 45.9 Å². The molecule has 4 aliphatic rings. The Kier molecular flexibility index (Phi) is 6.21. The van der Waals surface area contributed by atoms with Crippen LogP contribution < -0.4 is 4.74 Å². The molecule has 1 saturated carbocycles. The summed E-state index contributed by atoms with van der Waals surface area (Å²) in [5.41, 5.74) is 1.14. The molecule has 0 spiro atoms. The molecule has 2 fully saturated rings. The van der Waals surface area contributed by atoms with Crippen molar-refractivity contribution in [2.45, 2.75) is 24.2 Å². The number of carbonyl (C=O) groups excluding carboxylic acids is 4. The van der Waals surface area contributed by atoms with E-state index in [4.69, 9.17) is 4.74 Å². The molecule has 8 nitrogen and oxygen atoms in total. The number of nitrogens with zero attached hydrogens (tertiary/aromatic N) is 1. The van der Waals surface area contributed by atoms with Gasteiger partial charge in [0.05, 0.1) is 24.4 Å². The summed E-state index contributed by atoms with van der Waals surface area (Å²) in [5.74, 6) is -5.63. The van der Waals surface area contributed by atoms with Crippen molar-refractivity contribution in [3.05, 3.63) is 113 Å². The molecule has 3 aromatic rings. The number of methoxy groups -OCH3 is 1. The standard InChI is InChI=1S/C35H29NO7/c1-43-21-12-15-28(37)26(16-21)31-22-13-14-23-30(34(41)36(42)33(23)40)25(22)17-27-32(39)24(19-8-4-2-5-9-19)18-29(38)35(27,31)20-10-6-3-7-11-20/h2-13,15-16,18,23,25,27,30-31,37,42H,14,17H2,1H3/t23-,25+,27-,30-,31+,35-/m0/s1. The number of carbonyl (C=O) groups is 4. The van der Waals surface area contributed by atoms with Crippen LogP contribution in [0.25, 0.3) is 5.57 Å². The zero-order valence-corrected chi connectivity index (χ0v) is 23.3. The van der Waals surface area contributed by atoms with E-state index >= 15 is 0 Å². The van der Waals surface area contributed by atoms with Crippen LogP contribution in [0.2, 0.25) is 0 Å². The average molecular weight is 576 g/mol. The number of hydrogen-bond acceptors (Lipinski definition) is 7. The molecule has 6 atom stereocenters. The lowest BCUT2D eigenvalue weighted by Crippen LogP contribution is -2.58. The Balaban J connectivity index is 1.55. The highest BCUT2D eigenvalue weighted by Crippen LogP contribution is 2.64. The van der Waals surface area contributed by atoms with Crippen LogP contribution in [0.4, 0.5) is 0 Å². The molecule has 216 valence electrons. The normalized spacial score (nSPS) is 29.8. The first kappa shape index (κ1) is 27.0. The Morgan fingerprint density at radius 3 is 2.28 bits per heavy atom. The van der Waals surface area contributed by atoms with Crippen LogP contribution in [0.5, 0.6) is 11.5 Å². The van der Waals surface area contributed by atoms with Crippen LogP contribution in [0, 0.1) is 23.7 Å². The molecule has 7 rings (SSSR count). The third-order valence-corrected chi connectivity index (χ3v) is 9.90. The molecule has 0 unspecified atom stereocenters. The summed E-state index contributed by atoms with van der Waals surface area (Å²) in [7, 11) is 1.50. The molecule has 0 radical (unpaired) electrons. The van der Waals surface area contributed by atoms with Gasteiger partial charge in [0.1, 0.15) is 11.5 Å². The first-order valence-corrected chi connectivity index (χ1v) is 14.3. The van der Waals surface area contributed by atoms with Gasteiger partial charge >= 0.3 is 0 Å². The van der Waals surface area contributed by atoms with E-state index in [9.17, 15) is 29.5 Å². The molecule has 0 bridgehead atoms. The Bertz CT molecular complexity index is 1740. The van der Waals surface area contributed by atoms with Crippen LogP contribution in [0.15, 0.2) is 96.6 Å². The Morgan fingerprint density at radius 1 is 0.884 bits per heavy atom. The van der Waals surface area contributed by atoms with E-state index in [0.29, 0.717) is 28.0 Å². The van der Waals surface area contributed by atoms with Crippen molar-refractivity contribution in [1.29, 1.82) is 0 Å². The number of ether oxygens (including phenoxy) is 1. The third-order valence-electron chi connectivity index (χ3n) is 9.90. The predicted molar refractivity (Wildman–Crippen MR) is 155 cm³/mol. The number of amides is 2. The minimum atomic E-state index is -1.46. The monoisotopic (exact) mass is 575 g/mol. The summed E-state index contributed by atoms with van der Waals surface area (Å²) in [5, 5.41) is 21.9. The smallest absolute Gasteiger partial charge is 0.257 e. The molecule has 0 aromatic heterocycles. The van der Waals surface area contributed by atoms with Crippen molar-refractivity contribution in [3.8, 4) is 11.5 Å². The lowest BCUT2D eigenvalue weighted by atomic mass is 9.44. The fraction of sp³-hybridized carbons (Fsp3) is 0.257. The van der Waals surface area contributed by atoms with Gasteiger partial charge < -0.3 is 9.84 Å². The second kappa shape index (κ2) is 9.88. The number of benzene rings is 3. The number of phenols is 1. The van der Waals surface area contributed by atoms with Gasteiger partial charge in [-0.25, -0.2) is 0 Å². The molecule has 1 aliphatic heterocycles. The second-order valence-corrected chi connectivity index (χ2v) is 11.7. The molecule has 1 heterocycles. The van der Waals surface area contributed by atoms with Gasteiger partial charge in [0.15, 0.2) is 11.6 Å². The summed E-state index contributed by atoms with van der Waals surface area (Å²) in [6, 6.07) is 22.9. The maximum atomic E-state index is 14.9. The van der Waals surface area contributed by atoms with Gasteiger partial charge in [0.2, 0.25) is 0 Å². The molecule has 1 saturated heterocycles. The van der Waals surface area contributed by atoms with Crippen molar-refractivity contribution >= 4 is 29.0 Å². The molecule has 3 aromatic carbocycles. The summed E-state index contributed by atoms with van der Waals surface area (Å²) in [6.45, 7) is 0. The van der Waals surface area contributed by atoms with E-state index in [0.717, 1.165) is 0 Å². The number of fused-ring (bicyclic) bond motifs is 4. The van der Waals surface area contributed by atoms with E-state index in [2.05, 4.69) is 0 Å². The number of allylic oxidation sites excluding steroid dienone is 4. The lowest BCUT2D eigenvalue weighted by molar-refractivity contribution is -0.173. The number of hydroxylamine groups is 2. The van der Waals surface area contributed by atoms with E-state index in [-0.39, 0.29) is 40.8 Å². The summed E-state index contributed by atoms with van der Waals surface area (Å²) in [4.78, 5) is 55.8. The molecular formula is C35H29NO7. The van der Waals surface area contributed by atoms with Gasteiger partial charge in [0.25, 0.3) is 11.8 Å². The maximum Gasteiger partial charge on any atom is 0.257 e. The highest BCUT2D eigenvalue weighted by Gasteiger charge is 2.66. The zero-order valence-electron chi connectivity index (χ0n) is 23.3. The molecule has 3 aliphatic carbocycles. The topological polar surface area (TPSA) is 121 Å². The Morgan fingerprint density at radius 2 is 1.58 bits per heavy atom. The zero-order chi connectivity index (χ0) is 30.0. The van der Waals surface area contributed by atoms with Crippen molar-refractivity contribution in [2.24, 2.45) is 23.7 Å². The Hall–Kier alpha value is -4.82. The van der Waals surface area contributed by atoms with Crippen molar-refractivity contribution in [1.82, 2.24) is 5.06 Å². The third kappa shape index (κ3) is 3.72. The molecule has 2 amide bonds. The number of Topliss-reactive ketones (excluding diaryl/α,β-unsaturated/α-hetero) is 1. The SMILES string of the molecule is COc1ccc(O)c([C@H]2C3=CC[C@@H]4C(=O)N(O)C(=O)[C@@H]4[C@@H]3C[C@H]3C(=O)C(c4ccccc4)=CC(=O)[C@@]23c2ccccc2)c1. The summed E-state index contributed by atoms with van der Waals surface area (Å²) in [6.07, 6.45) is 3.60. The minimum absolute atomic E-state index is 0.0841. The maximum absolute atomic E-state index is 14.9. The number of aromatic hydroxyl groups is 1. The number of imide groups is 1. The highest BCUT2D eigenvalue weighted by atomic mass is 16.5. The lowest BCUT2D eigenvalue weighted by Gasteiger charge is -2.55. The number of ketones is 2. The van der Waals surface area contributed by atoms with Gasteiger partial charge in [-0.15, -0.1) is 0 Å². The van der Waals surface area contributed by atoms with Crippen molar-refractivity contribution in [2.75, 3.05) is 7.11 Å². The number of phenolic OH excluding ortho intramolecular Hbond substituents is 1. The number of hydrogen-bond donors (Lipinski definition) is 2. The first-order valence-electron chi connectivity index (χ1n) is 14.3. The van der Waals surface area contributed by atoms with Crippen LogP contribution in [0.3, 0.4) is 0 Å².